The van der Waals surface area contributed by atoms with Gasteiger partial charge in [0, 0.05) is 23.8 Å². The quantitative estimate of drug-likeness (QED) is 0.259. The fourth-order valence-electron chi connectivity index (χ4n) is 5.95. The van der Waals surface area contributed by atoms with E-state index in [0.717, 1.165) is 11.4 Å². The second-order valence-electron chi connectivity index (χ2n) is 10.4. The lowest BCUT2D eigenvalue weighted by Crippen LogP contribution is -2.55. The van der Waals surface area contributed by atoms with Gasteiger partial charge in [0.15, 0.2) is 0 Å². The van der Waals surface area contributed by atoms with Crippen molar-refractivity contribution in [3.05, 3.63) is 131 Å². The Morgan fingerprint density at radius 2 is 0.974 bits per heavy atom. The molecular weight excluding hydrogens is 461 g/mol. The fourth-order valence-corrected chi connectivity index (χ4v) is 5.95. The molecule has 3 nitrogen and oxygen atoms in total. The van der Waals surface area contributed by atoms with Crippen LogP contribution in [0.5, 0.6) is 0 Å². The van der Waals surface area contributed by atoms with E-state index in [1.165, 1.54) is 49.8 Å². The van der Waals surface area contributed by atoms with E-state index in [0.29, 0.717) is 5.95 Å². The van der Waals surface area contributed by atoms with Crippen molar-refractivity contribution in [2.45, 2.75) is 41.5 Å². The van der Waals surface area contributed by atoms with Crippen molar-refractivity contribution in [2.24, 2.45) is 0 Å². The maximum Gasteiger partial charge on any atom is 0.242 e. The number of aryl methyl sites for hydroxylation is 6. The van der Waals surface area contributed by atoms with Crippen molar-refractivity contribution in [1.29, 1.82) is 0 Å². The van der Waals surface area contributed by atoms with Crippen LogP contribution in [0.3, 0.4) is 0 Å². The van der Waals surface area contributed by atoms with Crippen LogP contribution in [0.1, 0.15) is 33.4 Å². The summed E-state index contributed by atoms with van der Waals surface area (Å²) in [5.41, 5.74) is 14.1. The molecule has 0 radical (unpaired) electrons. The van der Waals surface area contributed by atoms with Gasteiger partial charge < -0.3 is 0 Å². The summed E-state index contributed by atoms with van der Waals surface area (Å²) in [6, 6.07) is 30.3. The number of rotatable bonds is 6. The van der Waals surface area contributed by atoms with Gasteiger partial charge >= 0.3 is 0 Å². The number of benzene rings is 4. The second-order valence-corrected chi connectivity index (χ2v) is 10.4. The summed E-state index contributed by atoms with van der Waals surface area (Å²) < 4.78 is 0. The highest BCUT2D eigenvalue weighted by Gasteiger charge is 2.28. The molecule has 4 heteroatoms. The van der Waals surface area contributed by atoms with E-state index in [4.69, 9.17) is 0 Å². The van der Waals surface area contributed by atoms with Crippen LogP contribution in [0, 0.1) is 41.5 Å². The molecule has 0 saturated heterocycles. The molecule has 0 atom stereocenters. The number of para-hydroxylation sites is 1. The molecular formula is C34H34BN3. The molecule has 0 fully saturated rings. The first kappa shape index (κ1) is 25.5. The normalized spacial score (nSPS) is 10.9. The first-order valence-electron chi connectivity index (χ1n) is 13.2. The van der Waals surface area contributed by atoms with Crippen molar-refractivity contribution in [3.8, 4) is 0 Å². The predicted molar refractivity (Wildman–Crippen MR) is 163 cm³/mol. The minimum absolute atomic E-state index is 0.142. The number of anilines is 3. The lowest BCUT2D eigenvalue weighted by molar-refractivity contribution is 1.08. The van der Waals surface area contributed by atoms with E-state index in [-0.39, 0.29) is 6.71 Å². The van der Waals surface area contributed by atoms with Gasteiger partial charge in [0.1, 0.15) is 0 Å². The predicted octanol–water partition coefficient (Wildman–Crippen LogP) is 6.31. The van der Waals surface area contributed by atoms with E-state index in [2.05, 4.69) is 117 Å². The average Bonchev–Trinajstić information content (AvgIpc) is 2.89. The van der Waals surface area contributed by atoms with Crippen LogP contribution >= 0.6 is 0 Å². The average molecular weight is 495 g/mol. The molecule has 0 aliphatic rings. The zero-order valence-electron chi connectivity index (χ0n) is 23.2. The standard InChI is InChI=1S/C34H34BN3/c1-23-19-25(3)32(26(4)20-23)35(33-27(5)21-24(2)22-28(33)6)29-13-15-31(16-14-29)38(30-11-8-7-9-12-30)34-36-17-10-18-37-34/h7-22H,1-6H3. The monoisotopic (exact) mass is 495 g/mol. The molecule has 38 heavy (non-hydrogen) atoms. The molecule has 0 amide bonds. The van der Waals surface area contributed by atoms with Crippen LogP contribution in [-0.2, 0) is 0 Å². The van der Waals surface area contributed by atoms with Gasteiger partial charge in [-0.1, -0.05) is 104 Å². The number of nitrogens with zero attached hydrogens (tertiary/aromatic N) is 3. The van der Waals surface area contributed by atoms with Gasteiger partial charge in [-0.3, -0.25) is 4.90 Å². The summed E-state index contributed by atoms with van der Waals surface area (Å²) in [6.07, 6.45) is 3.57. The van der Waals surface area contributed by atoms with Gasteiger partial charge in [0.2, 0.25) is 12.7 Å². The van der Waals surface area contributed by atoms with E-state index in [1.54, 1.807) is 12.4 Å². The first-order chi connectivity index (χ1) is 18.3. The van der Waals surface area contributed by atoms with E-state index < -0.39 is 0 Å². The van der Waals surface area contributed by atoms with Gasteiger partial charge in [-0.15, -0.1) is 0 Å². The third kappa shape index (κ3) is 4.99. The molecule has 5 aromatic rings. The number of hydrogen-bond donors (Lipinski definition) is 0. The molecule has 0 spiro atoms. The third-order valence-corrected chi connectivity index (χ3v) is 7.30. The largest absolute Gasteiger partial charge is 0.279 e. The Bertz CT molecular complexity index is 1420. The van der Waals surface area contributed by atoms with Crippen molar-refractivity contribution in [2.75, 3.05) is 4.90 Å². The highest BCUT2D eigenvalue weighted by atomic mass is 15.3. The molecule has 0 N–H and O–H groups in total. The summed E-state index contributed by atoms with van der Waals surface area (Å²) in [6.45, 7) is 13.5. The Morgan fingerprint density at radius 3 is 1.45 bits per heavy atom. The summed E-state index contributed by atoms with van der Waals surface area (Å²) in [5.74, 6) is 0.651. The van der Waals surface area contributed by atoms with Crippen LogP contribution in [0.25, 0.3) is 0 Å². The Kier molecular flexibility index (Phi) is 7.15. The Balaban J connectivity index is 1.68. The Morgan fingerprint density at radius 1 is 0.526 bits per heavy atom. The molecule has 4 aromatic carbocycles. The van der Waals surface area contributed by atoms with Crippen molar-refractivity contribution in [1.82, 2.24) is 9.97 Å². The maximum atomic E-state index is 4.56. The lowest BCUT2D eigenvalue weighted by atomic mass is 9.34. The molecule has 0 bridgehead atoms. The van der Waals surface area contributed by atoms with Crippen molar-refractivity contribution >= 4 is 40.4 Å². The first-order valence-corrected chi connectivity index (χ1v) is 13.2. The molecule has 0 aliphatic heterocycles. The molecule has 188 valence electrons. The van der Waals surface area contributed by atoms with Gasteiger partial charge in [-0.25, -0.2) is 9.97 Å². The minimum Gasteiger partial charge on any atom is -0.279 e. The van der Waals surface area contributed by atoms with Gasteiger partial charge in [-0.2, -0.15) is 0 Å². The number of aromatic nitrogens is 2. The zero-order chi connectivity index (χ0) is 26.8. The third-order valence-electron chi connectivity index (χ3n) is 7.30. The van der Waals surface area contributed by atoms with E-state index in [9.17, 15) is 0 Å². The highest BCUT2D eigenvalue weighted by molar-refractivity contribution is 6.96. The summed E-state index contributed by atoms with van der Waals surface area (Å²) in [7, 11) is 0. The molecule has 0 saturated carbocycles. The van der Waals surface area contributed by atoms with Crippen LogP contribution in [-0.4, -0.2) is 16.7 Å². The number of hydrogen-bond acceptors (Lipinski definition) is 3. The van der Waals surface area contributed by atoms with Gasteiger partial charge in [0.05, 0.1) is 0 Å². The van der Waals surface area contributed by atoms with Crippen molar-refractivity contribution < 1.29 is 0 Å². The minimum atomic E-state index is 0.142. The molecule has 5 rings (SSSR count). The summed E-state index contributed by atoms with van der Waals surface area (Å²) in [5, 5.41) is 0. The van der Waals surface area contributed by atoms with Gasteiger partial charge in [0.25, 0.3) is 0 Å². The van der Waals surface area contributed by atoms with Crippen LogP contribution in [0.15, 0.2) is 97.3 Å². The molecule has 0 aliphatic carbocycles. The Hall–Kier alpha value is -4.18. The van der Waals surface area contributed by atoms with Crippen LogP contribution in [0.2, 0.25) is 0 Å². The summed E-state index contributed by atoms with van der Waals surface area (Å²) >= 11 is 0. The topological polar surface area (TPSA) is 29.0 Å². The van der Waals surface area contributed by atoms with Gasteiger partial charge in [-0.05, 0) is 71.9 Å². The van der Waals surface area contributed by atoms with Crippen molar-refractivity contribution in [3.63, 3.8) is 0 Å². The fraction of sp³-hybridized carbons (Fsp3) is 0.176. The van der Waals surface area contributed by atoms with Crippen LogP contribution < -0.4 is 21.3 Å². The highest BCUT2D eigenvalue weighted by Crippen LogP contribution is 2.31. The smallest absolute Gasteiger partial charge is 0.242 e. The Labute approximate surface area is 227 Å². The molecule has 1 heterocycles. The van der Waals surface area contributed by atoms with Crippen LogP contribution in [0.4, 0.5) is 17.3 Å². The maximum absolute atomic E-state index is 4.56. The molecule has 1 aromatic heterocycles. The lowest BCUT2D eigenvalue weighted by Gasteiger charge is -2.26. The molecule has 0 unspecified atom stereocenters. The zero-order valence-corrected chi connectivity index (χ0v) is 23.2. The second kappa shape index (κ2) is 10.7. The summed E-state index contributed by atoms with van der Waals surface area (Å²) in [4.78, 5) is 11.2. The van der Waals surface area contributed by atoms with E-state index >= 15 is 0 Å². The SMILES string of the molecule is Cc1cc(C)c(B(c2ccc(N(c3ccccc3)c3ncccn3)cc2)c2c(C)cc(C)cc2C)c(C)c1. The van der Waals surface area contributed by atoms with E-state index in [1.807, 2.05) is 24.3 Å².